The van der Waals surface area contributed by atoms with E-state index in [0.29, 0.717) is 16.3 Å². The molecule has 1 aromatic heterocycles. The number of carbonyl (C=O) groups is 1. The van der Waals surface area contributed by atoms with Crippen LogP contribution in [0, 0.1) is 0 Å². The minimum atomic E-state index is -0.225. The Morgan fingerprint density at radius 1 is 1.50 bits per heavy atom. The summed E-state index contributed by atoms with van der Waals surface area (Å²) >= 11 is 9.11. The number of aromatic nitrogens is 2. The van der Waals surface area contributed by atoms with Crippen LogP contribution < -0.4 is 5.32 Å². The van der Waals surface area contributed by atoms with E-state index >= 15 is 0 Å². The first-order valence-corrected chi connectivity index (χ1v) is 5.59. The summed E-state index contributed by atoms with van der Waals surface area (Å²) in [7, 11) is 0. The number of rotatable bonds is 2. The summed E-state index contributed by atoms with van der Waals surface area (Å²) in [6.07, 6.45) is 2.98. The third-order valence-electron chi connectivity index (χ3n) is 1.94. The Balaban J connectivity index is 2.18. The monoisotopic (exact) mass is 299 g/mol. The third kappa shape index (κ3) is 2.43. The van der Waals surface area contributed by atoms with Crippen molar-refractivity contribution in [2.45, 2.75) is 0 Å². The average molecular weight is 301 g/mol. The smallest absolute Gasteiger partial charge is 0.258 e. The van der Waals surface area contributed by atoms with E-state index in [1.165, 1.54) is 12.4 Å². The lowest BCUT2D eigenvalue weighted by Crippen LogP contribution is -2.11. The van der Waals surface area contributed by atoms with Crippen molar-refractivity contribution in [1.82, 2.24) is 10.2 Å². The Morgan fingerprint density at radius 2 is 2.31 bits per heavy atom. The SMILES string of the molecule is O=C(Nc1ccc(Cl)cc1Br)c1cn[nH]c1. The van der Waals surface area contributed by atoms with Crippen molar-refractivity contribution in [2.75, 3.05) is 5.32 Å². The second-order valence-electron chi connectivity index (χ2n) is 3.07. The average Bonchev–Trinajstić information content (AvgIpc) is 2.75. The summed E-state index contributed by atoms with van der Waals surface area (Å²) in [6, 6.07) is 5.15. The van der Waals surface area contributed by atoms with Crippen LogP contribution in [0.3, 0.4) is 0 Å². The number of nitrogens with one attached hydrogen (secondary N) is 2. The number of benzene rings is 1. The first-order chi connectivity index (χ1) is 7.66. The van der Waals surface area contributed by atoms with Gasteiger partial charge in [0.1, 0.15) is 0 Å². The van der Waals surface area contributed by atoms with Gasteiger partial charge in [0, 0.05) is 15.7 Å². The molecular weight excluding hydrogens is 293 g/mol. The van der Waals surface area contributed by atoms with Crippen molar-refractivity contribution in [3.05, 3.63) is 45.7 Å². The van der Waals surface area contributed by atoms with Gasteiger partial charge in [-0.2, -0.15) is 5.10 Å². The molecule has 0 radical (unpaired) electrons. The van der Waals surface area contributed by atoms with Gasteiger partial charge in [-0.25, -0.2) is 0 Å². The van der Waals surface area contributed by atoms with Crippen LogP contribution in [0.1, 0.15) is 10.4 Å². The second kappa shape index (κ2) is 4.67. The third-order valence-corrected chi connectivity index (χ3v) is 2.83. The molecule has 1 amide bonds. The number of nitrogens with zero attached hydrogens (tertiary/aromatic N) is 1. The summed E-state index contributed by atoms with van der Waals surface area (Å²) in [6.45, 7) is 0. The fourth-order valence-corrected chi connectivity index (χ4v) is 1.94. The predicted molar refractivity (Wildman–Crippen MR) is 65.7 cm³/mol. The zero-order valence-electron chi connectivity index (χ0n) is 8.00. The Morgan fingerprint density at radius 3 is 2.94 bits per heavy atom. The minimum absolute atomic E-state index is 0.225. The van der Waals surface area contributed by atoms with E-state index in [2.05, 4.69) is 31.4 Å². The highest BCUT2D eigenvalue weighted by atomic mass is 79.9. The van der Waals surface area contributed by atoms with E-state index in [1.807, 2.05) is 0 Å². The van der Waals surface area contributed by atoms with Gasteiger partial charge in [-0.05, 0) is 34.1 Å². The van der Waals surface area contributed by atoms with E-state index in [4.69, 9.17) is 11.6 Å². The van der Waals surface area contributed by atoms with Gasteiger partial charge in [-0.1, -0.05) is 11.6 Å². The molecule has 2 aromatic rings. The maximum atomic E-state index is 11.7. The maximum Gasteiger partial charge on any atom is 0.258 e. The van der Waals surface area contributed by atoms with Gasteiger partial charge < -0.3 is 5.32 Å². The largest absolute Gasteiger partial charge is 0.321 e. The van der Waals surface area contributed by atoms with E-state index in [-0.39, 0.29) is 5.91 Å². The molecule has 0 unspecified atom stereocenters. The van der Waals surface area contributed by atoms with Crippen LogP contribution in [0.25, 0.3) is 0 Å². The normalized spacial score (nSPS) is 10.1. The predicted octanol–water partition coefficient (Wildman–Crippen LogP) is 3.08. The highest BCUT2D eigenvalue weighted by Gasteiger charge is 2.08. The molecule has 4 nitrogen and oxygen atoms in total. The van der Waals surface area contributed by atoms with Crippen molar-refractivity contribution in [3.63, 3.8) is 0 Å². The van der Waals surface area contributed by atoms with Gasteiger partial charge in [-0.15, -0.1) is 0 Å². The van der Waals surface area contributed by atoms with Crippen LogP contribution in [-0.2, 0) is 0 Å². The van der Waals surface area contributed by atoms with E-state index in [1.54, 1.807) is 18.2 Å². The van der Waals surface area contributed by atoms with Gasteiger partial charge in [0.2, 0.25) is 0 Å². The van der Waals surface area contributed by atoms with Crippen molar-refractivity contribution in [3.8, 4) is 0 Å². The van der Waals surface area contributed by atoms with Gasteiger partial charge >= 0.3 is 0 Å². The summed E-state index contributed by atoms with van der Waals surface area (Å²) in [5, 5.41) is 9.62. The van der Waals surface area contributed by atoms with Crippen LogP contribution in [0.15, 0.2) is 35.1 Å². The molecule has 1 heterocycles. The van der Waals surface area contributed by atoms with Crippen molar-refractivity contribution in [2.24, 2.45) is 0 Å². The van der Waals surface area contributed by atoms with E-state index in [9.17, 15) is 4.79 Å². The molecule has 2 N–H and O–H groups in total. The van der Waals surface area contributed by atoms with Crippen molar-refractivity contribution >= 4 is 39.1 Å². The lowest BCUT2D eigenvalue weighted by molar-refractivity contribution is 0.102. The van der Waals surface area contributed by atoms with Crippen LogP contribution in [0.5, 0.6) is 0 Å². The van der Waals surface area contributed by atoms with Gasteiger partial charge in [0.15, 0.2) is 0 Å². The number of amides is 1. The summed E-state index contributed by atoms with van der Waals surface area (Å²) in [5.41, 5.74) is 1.14. The standard InChI is InChI=1S/C10H7BrClN3O/c11-8-3-7(12)1-2-9(8)15-10(16)6-4-13-14-5-6/h1-5H,(H,13,14)(H,15,16). The Kier molecular flexibility index (Phi) is 3.26. The van der Waals surface area contributed by atoms with Crippen LogP contribution in [-0.4, -0.2) is 16.1 Å². The molecule has 0 aliphatic rings. The van der Waals surface area contributed by atoms with Crippen LogP contribution >= 0.6 is 27.5 Å². The summed E-state index contributed by atoms with van der Waals surface area (Å²) in [4.78, 5) is 11.7. The molecule has 0 fully saturated rings. The Labute approximate surface area is 105 Å². The number of aromatic amines is 1. The van der Waals surface area contributed by atoms with Gasteiger partial charge in [-0.3, -0.25) is 9.89 Å². The molecule has 2 rings (SSSR count). The molecule has 0 spiro atoms. The number of H-pyrrole nitrogens is 1. The molecule has 16 heavy (non-hydrogen) atoms. The molecule has 82 valence electrons. The molecule has 0 aliphatic heterocycles. The molecule has 6 heteroatoms. The molecule has 0 saturated carbocycles. The fraction of sp³-hybridized carbons (Fsp3) is 0. The number of anilines is 1. The van der Waals surface area contributed by atoms with E-state index < -0.39 is 0 Å². The molecule has 0 atom stereocenters. The van der Waals surface area contributed by atoms with Crippen molar-refractivity contribution in [1.29, 1.82) is 0 Å². The molecule has 0 aliphatic carbocycles. The highest BCUT2D eigenvalue weighted by molar-refractivity contribution is 9.10. The molecule has 0 bridgehead atoms. The van der Waals surface area contributed by atoms with Crippen LogP contribution in [0.2, 0.25) is 5.02 Å². The zero-order chi connectivity index (χ0) is 11.5. The maximum absolute atomic E-state index is 11.7. The van der Waals surface area contributed by atoms with E-state index in [0.717, 1.165) is 4.47 Å². The lowest BCUT2D eigenvalue weighted by atomic mass is 10.3. The molecule has 1 aromatic carbocycles. The molecular formula is C10H7BrClN3O. The van der Waals surface area contributed by atoms with Gasteiger partial charge in [0.05, 0.1) is 17.4 Å². The number of carbonyl (C=O) groups excluding carboxylic acids is 1. The first kappa shape index (κ1) is 11.2. The van der Waals surface area contributed by atoms with Crippen molar-refractivity contribution < 1.29 is 4.79 Å². The lowest BCUT2D eigenvalue weighted by Gasteiger charge is -2.06. The summed E-state index contributed by atoms with van der Waals surface area (Å²) in [5.74, 6) is -0.225. The highest BCUT2D eigenvalue weighted by Crippen LogP contribution is 2.26. The van der Waals surface area contributed by atoms with Gasteiger partial charge in [0.25, 0.3) is 5.91 Å². The first-order valence-electron chi connectivity index (χ1n) is 4.42. The van der Waals surface area contributed by atoms with Crippen LogP contribution in [0.4, 0.5) is 5.69 Å². The Hall–Kier alpha value is -1.33. The fourth-order valence-electron chi connectivity index (χ4n) is 1.16. The second-order valence-corrected chi connectivity index (χ2v) is 4.36. The number of hydrogen-bond donors (Lipinski definition) is 2. The number of hydrogen-bond acceptors (Lipinski definition) is 2. The number of halogens is 2. The summed E-state index contributed by atoms with van der Waals surface area (Å²) < 4.78 is 0.733. The molecule has 0 saturated heterocycles. The zero-order valence-corrected chi connectivity index (χ0v) is 10.3. The minimum Gasteiger partial charge on any atom is -0.321 e. The topological polar surface area (TPSA) is 57.8 Å². The quantitative estimate of drug-likeness (QED) is 0.895. The Bertz CT molecular complexity index is 513.